The molecular weight excluding hydrogens is 260 g/mol. The molecule has 0 amide bonds. The number of rotatable bonds is 4. The molecule has 0 radical (unpaired) electrons. The second kappa shape index (κ2) is 6.80. The highest BCUT2D eigenvalue weighted by Crippen LogP contribution is 2.36. The predicted molar refractivity (Wildman–Crippen MR) is 88.6 cm³/mol. The quantitative estimate of drug-likeness (QED) is 0.918. The van der Waals surface area contributed by atoms with Crippen LogP contribution in [0.4, 0.5) is 0 Å². The van der Waals surface area contributed by atoms with E-state index < -0.39 is 0 Å². The largest absolute Gasteiger partial charge is 0.494 e. The molecule has 1 aliphatic heterocycles. The number of hydrogen-bond donors (Lipinski definition) is 1. The smallest absolute Gasteiger partial charge is 0.119 e. The summed E-state index contributed by atoms with van der Waals surface area (Å²) in [6.07, 6.45) is 3.31. The molecule has 3 nitrogen and oxygen atoms in total. The van der Waals surface area contributed by atoms with E-state index in [-0.39, 0.29) is 17.6 Å². The molecule has 1 fully saturated rings. The first-order valence-electron chi connectivity index (χ1n) is 8.18. The molecule has 2 unspecified atom stereocenters. The highest BCUT2D eigenvalue weighted by Gasteiger charge is 2.36. The SMILES string of the molecule is CCCOc1cccc(C2C(N)CCCN2C(C)(C)C)c1. The Morgan fingerprint density at radius 3 is 2.76 bits per heavy atom. The predicted octanol–water partition coefficient (Wildman–Crippen LogP) is 3.74. The second-order valence-corrected chi connectivity index (χ2v) is 7.04. The van der Waals surface area contributed by atoms with Gasteiger partial charge in [-0.3, -0.25) is 4.90 Å². The maximum Gasteiger partial charge on any atom is 0.119 e. The zero-order valence-electron chi connectivity index (χ0n) is 13.9. The third-order valence-electron chi connectivity index (χ3n) is 4.21. The van der Waals surface area contributed by atoms with E-state index in [1.807, 2.05) is 6.07 Å². The Labute approximate surface area is 129 Å². The standard InChI is InChI=1S/C18H30N2O/c1-5-12-21-15-9-6-8-14(13-15)17-16(19)10-7-11-20(17)18(2,3)4/h6,8-9,13,16-17H,5,7,10-12,19H2,1-4H3. The molecule has 21 heavy (non-hydrogen) atoms. The molecule has 0 aromatic heterocycles. The van der Waals surface area contributed by atoms with Gasteiger partial charge < -0.3 is 10.5 Å². The number of nitrogens with two attached hydrogens (primary N) is 1. The van der Waals surface area contributed by atoms with Crippen molar-refractivity contribution in [3.8, 4) is 5.75 Å². The third kappa shape index (κ3) is 3.98. The van der Waals surface area contributed by atoms with Crippen LogP contribution in [0.25, 0.3) is 0 Å². The summed E-state index contributed by atoms with van der Waals surface area (Å²) in [6, 6.07) is 8.96. The summed E-state index contributed by atoms with van der Waals surface area (Å²) >= 11 is 0. The normalized spacial score (nSPS) is 24.0. The lowest BCUT2D eigenvalue weighted by molar-refractivity contribution is 0.0383. The molecular formula is C18H30N2O. The van der Waals surface area contributed by atoms with Crippen LogP contribution >= 0.6 is 0 Å². The molecule has 1 aromatic carbocycles. The van der Waals surface area contributed by atoms with Crippen LogP contribution in [0.5, 0.6) is 5.75 Å². The van der Waals surface area contributed by atoms with Crippen LogP contribution < -0.4 is 10.5 Å². The van der Waals surface area contributed by atoms with E-state index in [9.17, 15) is 0 Å². The number of hydrogen-bond acceptors (Lipinski definition) is 3. The summed E-state index contributed by atoms with van der Waals surface area (Å²) in [5, 5.41) is 0. The number of benzene rings is 1. The van der Waals surface area contributed by atoms with Crippen LogP contribution in [0.15, 0.2) is 24.3 Å². The third-order valence-corrected chi connectivity index (χ3v) is 4.21. The lowest BCUT2D eigenvalue weighted by Gasteiger charge is -2.47. The monoisotopic (exact) mass is 290 g/mol. The molecule has 1 aromatic rings. The zero-order valence-corrected chi connectivity index (χ0v) is 13.9. The van der Waals surface area contributed by atoms with Gasteiger partial charge in [0, 0.05) is 11.6 Å². The van der Waals surface area contributed by atoms with E-state index in [1.54, 1.807) is 0 Å². The van der Waals surface area contributed by atoms with Gasteiger partial charge >= 0.3 is 0 Å². The van der Waals surface area contributed by atoms with Crippen LogP contribution in [-0.4, -0.2) is 29.6 Å². The Hall–Kier alpha value is -1.06. The molecule has 2 atom stereocenters. The van der Waals surface area contributed by atoms with Gasteiger partial charge in [0.2, 0.25) is 0 Å². The van der Waals surface area contributed by atoms with Crippen molar-refractivity contribution < 1.29 is 4.74 Å². The molecule has 0 saturated carbocycles. The lowest BCUT2D eigenvalue weighted by atomic mass is 9.87. The topological polar surface area (TPSA) is 38.5 Å². The average molecular weight is 290 g/mol. The Morgan fingerprint density at radius 2 is 2.10 bits per heavy atom. The molecule has 0 spiro atoms. The van der Waals surface area contributed by atoms with Crippen molar-refractivity contribution in [3.63, 3.8) is 0 Å². The maximum absolute atomic E-state index is 6.47. The van der Waals surface area contributed by atoms with Crippen molar-refractivity contribution >= 4 is 0 Å². The fourth-order valence-corrected chi connectivity index (χ4v) is 3.21. The first-order valence-corrected chi connectivity index (χ1v) is 8.18. The van der Waals surface area contributed by atoms with E-state index in [1.165, 1.54) is 12.0 Å². The molecule has 2 N–H and O–H groups in total. The minimum absolute atomic E-state index is 0.128. The lowest BCUT2D eigenvalue weighted by Crippen LogP contribution is -2.53. The van der Waals surface area contributed by atoms with Gasteiger partial charge in [0.05, 0.1) is 12.6 Å². The van der Waals surface area contributed by atoms with Crippen LogP contribution in [-0.2, 0) is 0 Å². The summed E-state index contributed by atoms with van der Waals surface area (Å²) < 4.78 is 5.78. The number of likely N-dealkylation sites (tertiary alicyclic amines) is 1. The van der Waals surface area contributed by atoms with E-state index in [0.29, 0.717) is 0 Å². The highest BCUT2D eigenvalue weighted by atomic mass is 16.5. The maximum atomic E-state index is 6.47. The van der Waals surface area contributed by atoms with Gasteiger partial charge in [-0.05, 0) is 64.3 Å². The molecule has 2 rings (SSSR count). The summed E-state index contributed by atoms with van der Waals surface area (Å²) in [7, 11) is 0. The Kier molecular flexibility index (Phi) is 5.28. The summed E-state index contributed by atoms with van der Waals surface area (Å²) in [6.45, 7) is 10.8. The van der Waals surface area contributed by atoms with Gasteiger partial charge in [0.25, 0.3) is 0 Å². The summed E-state index contributed by atoms with van der Waals surface area (Å²) in [5.41, 5.74) is 7.88. The molecule has 1 aliphatic rings. The van der Waals surface area contributed by atoms with Crippen LogP contribution in [0.2, 0.25) is 0 Å². The van der Waals surface area contributed by atoms with Gasteiger partial charge in [0.1, 0.15) is 5.75 Å². The highest BCUT2D eigenvalue weighted by molar-refractivity contribution is 5.32. The first kappa shape index (κ1) is 16.3. The van der Waals surface area contributed by atoms with Crippen molar-refractivity contribution in [2.75, 3.05) is 13.2 Å². The van der Waals surface area contributed by atoms with Gasteiger partial charge in [0.15, 0.2) is 0 Å². The minimum Gasteiger partial charge on any atom is -0.494 e. The Bertz CT molecular complexity index is 453. The van der Waals surface area contributed by atoms with E-state index in [4.69, 9.17) is 10.5 Å². The van der Waals surface area contributed by atoms with E-state index in [2.05, 4.69) is 50.8 Å². The molecule has 3 heteroatoms. The minimum atomic E-state index is 0.128. The molecule has 118 valence electrons. The second-order valence-electron chi connectivity index (χ2n) is 7.04. The van der Waals surface area contributed by atoms with Crippen LogP contribution in [0, 0.1) is 0 Å². The zero-order chi connectivity index (χ0) is 15.5. The van der Waals surface area contributed by atoms with Crippen molar-refractivity contribution in [1.82, 2.24) is 4.90 Å². The fourth-order valence-electron chi connectivity index (χ4n) is 3.21. The van der Waals surface area contributed by atoms with Gasteiger partial charge in [-0.2, -0.15) is 0 Å². The Morgan fingerprint density at radius 1 is 1.33 bits per heavy atom. The summed E-state index contributed by atoms with van der Waals surface area (Å²) in [4.78, 5) is 2.54. The Balaban J connectivity index is 2.27. The van der Waals surface area contributed by atoms with Crippen LogP contribution in [0.1, 0.15) is 58.6 Å². The van der Waals surface area contributed by atoms with Gasteiger partial charge in [-0.15, -0.1) is 0 Å². The van der Waals surface area contributed by atoms with Crippen molar-refractivity contribution in [2.24, 2.45) is 5.73 Å². The summed E-state index contributed by atoms with van der Waals surface area (Å²) in [5.74, 6) is 0.959. The van der Waals surface area contributed by atoms with E-state index >= 15 is 0 Å². The van der Waals surface area contributed by atoms with Crippen molar-refractivity contribution in [1.29, 1.82) is 0 Å². The first-order chi connectivity index (χ1) is 9.93. The number of ether oxygens (including phenoxy) is 1. The van der Waals surface area contributed by atoms with Crippen molar-refractivity contribution in [2.45, 2.75) is 64.6 Å². The van der Waals surface area contributed by atoms with E-state index in [0.717, 1.165) is 31.7 Å². The molecule has 0 bridgehead atoms. The van der Waals surface area contributed by atoms with Gasteiger partial charge in [-0.25, -0.2) is 0 Å². The molecule has 1 heterocycles. The molecule has 0 aliphatic carbocycles. The molecule has 1 saturated heterocycles. The van der Waals surface area contributed by atoms with Crippen molar-refractivity contribution in [3.05, 3.63) is 29.8 Å². The van der Waals surface area contributed by atoms with Gasteiger partial charge in [-0.1, -0.05) is 19.1 Å². The average Bonchev–Trinajstić information content (AvgIpc) is 2.44. The number of piperidine rings is 1. The van der Waals surface area contributed by atoms with Crippen LogP contribution in [0.3, 0.4) is 0 Å². The number of nitrogens with zero attached hydrogens (tertiary/aromatic N) is 1. The fraction of sp³-hybridized carbons (Fsp3) is 0.667.